The van der Waals surface area contributed by atoms with Gasteiger partial charge in [0.05, 0.1) is 0 Å². The Kier molecular flexibility index (Phi) is 4.93. The second kappa shape index (κ2) is 6.68. The molecule has 2 aromatic rings. The molecule has 0 atom stereocenters. The Balaban J connectivity index is 2.22. The van der Waals surface area contributed by atoms with Gasteiger partial charge in [-0.25, -0.2) is 0 Å². The van der Waals surface area contributed by atoms with Crippen molar-refractivity contribution in [2.75, 3.05) is 0 Å². The molecule has 0 radical (unpaired) electrons. The highest BCUT2D eigenvalue weighted by molar-refractivity contribution is 7.98. The lowest BCUT2D eigenvalue weighted by Crippen LogP contribution is -2.14. The van der Waals surface area contributed by atoms with Gasteiger partial charge in [0.1, 0.15) is 0 Å². The first-order chi connectivity index (χ1) is 9.61. The van der Waals surface area contributed by atoms with E-state index < -0.39 is 0 Å². The maximum atomic E-state index is 8.86. The molecule has 104 valence electrons. The number of rotatable bonds is 4. The molecule has 0 aliphatic carbocycles. The van der Waals surface area contributed by atoms with E-state index in [2.05, 4.69) is 5.16 Å². The summed E-state index contributed by atoms with van der Waals surface area (Å²) in [5.41, 5.74) is 8.76. The SMILES string of the molecule is Cc1cccc(/C(N)=N/O)c1SCc1ccc(Cl)cc1. The van der Waals surface area contributed by atoms with E-state index in [0.717, 1.165) is 26.8 Å². The number of aryl methyl sites for hydroxylation is 1. The van der Waals surface area contributed by atoms with Crippen LogP contribution in [0.4, 0.5) is 0 Å². The summed E-state index contributed by atoms with van der Waals surface area (Å²) >= 11 is 7.53. The summed E-state index contributed by atoms with van der Waals surface area (Å²) in [5.74, 6) is 0.931. The first-order valence-electron chi connectivity index (χ1n) is 6.06. The number of nitrogens with zero attached hydrogens (tertiary/aromatic N) is 1. The van der Waals surface area contributed by atoms with Crippen LogP contribution in [-0.4, -0.2) is 11.0 Å². The van der Waals surface area contributed by atoms with E-state index in [-0.39, 0.29) is 5.84 Å². The van der Waals surface area contributed by atoms with Crippen LogP contribution in [0.15, 0.2) is 52.5 Å². The van der Waals surface area contributed by atoms with E-state index in [1.54, 1.807) is 11.8 Å². The zero-order chi connectivity index (χ0) is 14.5. The van der Waals surface area contributed by atoms with Gasteiger partial charge in [-0.05, 0) is 30.2 Å². The molecule has 3 nitrogen and oxygen atoms in total. The monoisotopic (exact) mass is 306 g/mol. The maximum Gasteiger partial charge on any atom is 0.171 e. The number of amidine groups is 1. The van der Waals surface area contributed by atoms with Crippen molar-refractivity contribution in [2.45, 2.75) is 17.6 Å². The minimum Gasteiger partial charge on any atom is -0.409 e. The molecular formula is C15H15ClN2OS. The van der Waals surface area contributed by atoms with Gasteiger partial charge in [0, 0.05) is 21.2 Å². The number of benzene rings is 2. The lowest BCUT2D eigenvalue weighted by Gasteiger charge is -2.11. The van der Waals surface area contributed by atoms with Crippen LogP contribution >= 0.6 is 23.4 Å². The lowest BCUT2D eigenvalue weighted by molar-refractivity contribution is 0.318. The standard InChI is InChI=1S/C15H15ClN2OS/c1-10-3-2-4-13(15(17)18-19)14(10)20-9-11-5-7-12(16)8-6-11/h2-8,19H,9H2,1H3,(H2,17,18). The smallest absolute Gasteiger partial charge is 0.171 e. The Bertz CT molecular complexity index is 626. The minimum atomic E-state index is 0.132. The Morgan fingerprint density at radius 1 is 1.25 bits per heavy atom. The molecule has 2 rings (SSSR count). The summed E-state index contributed by atoms with van der Waals surface area (Å²) in [7, 11) is 0. The Morgan fingerprint density at radius 2 is 1.95 bits per heavy atom. The molecule has 0 aliphatic rings. The van der Waals surface area contributed by atoms with Crippen molar-refractivity contribution >= 4 is 29.2 Å². The molecule has 2 aromatic carbocycles. The predicted octanol–water partition coefficient (Wildman–Crippen LogP) is 4.04. The number of thioether (sulfide) groups is 1. The number of halogens is 1. The maximum absolute atomic E-state index is 8.86. The summed E-state index contributed by atoms with van der Waals surface area (Å²) in [5, 5.41) is 12.7. The van der Waals surface area contributed by atoms with E-state index >= 15 is 0 Å². The third-order valence-electron chi connectivity index (χ3n) is 2.89. The highest BCUT2D eigenvalue weighted by atomic mass is 35.5. The average molecular weight is 307 g/mol. The molecule has 0 spiro atoms. The Labute approximate surface area is 127 Å². The molecule has 0 heterocycles. The quantitative estimate of drug-likeness (QED) is 0.295. The topological polar surface area (TPSA) is 58.6 Å². The normalized spacial score (nSPS) is 11.6. The van der Waals surface area contributed by atoms with E-state index in [4.69, 9.17) is 22.5 Å². The molecule has 5 heteroatoms. The Morgan fingerprint density at radius 3 is 2.60 bits per heavy atom. The first kappa shape index (κ1) is 14.8. The van der Waals surface area contributed by atoms with Crippen LogP contribution < -0.4 is 5.73 Å². The molecule has 0 bridgehead atoms. The third kappa shape index (κ3) is 3.46. The third-order valence-corrected chi connectivity index (χ3v) is 4.45. The van der Waals surface area contributed by atoms with E-state index in [0.29, 0.717) is 0 Å². The molecule has 0 saturated heterocycles. The average Bonchev–Trinajstić information content (AvgIpc) is 2.46. The summed E-state index contributed by atoms with van der Waals surface area (Å²) in [6.45, 7) is 2.01. The molecule has 0 fully saturated rings. The molecule has 20 heavy (non-hydrogen) atoms. The van der Waals surface area contributed by atoms with Crippen molar-refractivity contribution in [1.29, 1.82) is 0 Å². The van der Waals surface area contributed by atoms with Crippen LogP contribution in [0, 0.1) is 6.92 Å². The van der Waals surface area contributed by atoms with Gasteiger partial charge >= 0.3 is 0 Å². The fraction of sp³-hybridized carbons (Fsp3) is 0.133. The van der Waals surface area contributed by atoms with Crippen LogP contribution in [0.2, 0.25) is 5.02 Å². The van der Waals surface area contributed by atoms with E-state index in [9.17, 15) is 0 Å². The zero-order valence-electron chi connectivity index (χ0n) is 11.0. The summed E-state index contributed by atoms with van der Waals surface area (Å²) in [4.78, 5) is 1.03. The highest BCUT2D eigenvalue weighted by Gasteiger charge is 2.10. The second-order valence-corrected chi connectivity index (χ2v) is 5.77. The van der Waals surface area contributed by atoms with Crippen molar-refractivity contribution in [3.8, 4) is 0 Å². The second-order valence-electron chi connectivity index (χ2n) is 4.35. The molecule has 0 aromatic heterocycles. The van der Waals surface area contributed by atoms with Gasteiger partial charge in [-0.15, -0.1) is 11.8 Å². The van der Waals surface area contributed by atoms with Gasteiger partial charge in [0.2, 0.25) is 0 Å². The predicted molar refractivity (Wildman–Crippen MR) is 84.7 cm³/mol. The Hall–Kier alpha value is -1.65. The number of nitrogens with two attached hydrogens (primary N) is 1. The summed E-state index contributed by atoms with van der Waals surface area (Å²) < 4.78 is 0. The molecule has 3 N–H and O–H groups in total. The fourth-order valence-electron chi connectivity index (χ4n) is 1.84. The summed E-state index contributed by atoms with van der Waals surface area (Å²) in [6, 6.07) is 13.5. The molecule has 0 aliphatic heterocycles. The minimum absolute atomic E-state index is 0.132. The van der Waals surface area contributed by atoms with Crippen LogP contribution in [-0.2, 0) is 5.75 Å². The van der Waals surface area contributed by atoms with E-state index in [1.165, 1.54) is 5.56 Å². The van der Waals surface area contributed by atoms with Gasteiger partial charge < -0.3 is 10.9 Å². The van der Waals surface area contributed by atoms with E-state index in [1.807, 2.05) is 49.4 Å². The molecular weight excluding hydrogens is 292 g/mol. The fourth-order valence-corrected chi connectivity index (χ4v) is 3.09. The lowest BCUT2D eigenvalue weighted by atomic mass is 10.1. The van der Waals surface area contributed by atoms with Crippen molar-refractivity contribution in [3.63, 3.8) is 0 Å². The molecule has 0 unspecified atom stereocenters. The van der Waals surface area contributed by atoms with Gasteiger partial charge in [-0.3, -0.25) is 0 Å². The summed E-state index contributed by atoms with van der Waals surface area (Å²) in [6.07, 6.45) is 0. The van der Waals surface area contributed by atoms with Crippen LogP contribution in [0.25, 0.3) is 0 Å². The van der Waals surface area contributed by atoms with Crippen LogP contribution in [0.1, 0.15) is 16.7 Å². The van der Waals surface area contributed by atoms with Gasteiger partial charge in [-0.1, -0.05) is 47.1 Å². The van der Waals surface area contributed by atoms with Gasteiger partial charge in [0.25, 0.3) is 0 Å². The van der Waals surface area contributed by atoms with Crippen molar-refractivity contribution in [3.05, 3.63) is 64.2 Å². The largest absolute Gasteiger partial charge is 0.409 e. The van der Waals surface area contributed by atoms with Crippen molar-refractivity contribution in [2.24, 2.45) is 10.9 Å². The first-order valence-corrected chi connectivity index (χ1v) is 7.43. The van der Waals surface area contributed by atoms with Gasteiger partial charge in [0.15, 0.2) is 5.84 Å². The zero-order valence-corrected chi connectivity index (χ0v) is 12.6. The van der Waals surface area contributed by atoms with Crippen LogP contribution in [0.5, 0.6) is 0 Å². The molecule has 0 amide bonds. The number of oxime groups is 1. The van der Waals surface area contributed by atoms with Crippen molar-refractivity contribution < 1.29 is 5.21 Å². The molecule has 0 saturated carbocycles. The highest BCUT2D eigenvalue weighted by Crippen LogP contribution is 2.29. The van der Waals surface area contributed by atoms with Crippen molar-refractivity contribution in [1.82, 2.24) is 0 Å². The van der Waals surface area contributed by atoms with Gasteiger partial charge in [-0.2, -0.15) is 0 Å². The van der Waals surface area contributed by atoms with Crippen LogP contribution in [0.3, 0.4) is 0 Å². The number of hydrogen-bond donors (Lipinski definition) is 2. The number of hydrogen-bond acceptors (Lipinski definition) is 3.